The van der Waals surface area contributed by atoms with Crippen LogP contribution >= 0.6 is 0 Å². The lowest BCUT2D eigenvalue weighted by atomic mass is 9.91. The summed E-state index contributed by atoms with van der Waals surface area (Å²) in [6, 6.07) is 10.0. The Balaban J connectivity index is 2.26. The first kappa shape index (κ1) is 8.76. The molecule has 0 amide bonds. The number of hydrogen-bond donors (Lipinski definition) is 1. The van der Waals surface area contributed by atoms with Crippen LogP contribution in [0.2, 0.25) is 0 Å². The molecule has 1 heteroatoms. The highest BCUT2D eigenvalue weighted by Crippen LogP contribution is 2.41. The summed E-state index contributed by atoms with van der Waals surface area (Å²) in [4.78, 5) is 0. The van der Waals surface area contributed by atoms with Gasteiger partial charge < -0.3 is 5.11 Å². The van der Waals surface area contributed by atoms with E-state index >= 15 is 0 Å². The van der Waals surface area contributed by atoms with E-state index in [2.05, 4.69) is 6.92 Å². The predicted molar refractivity (Wildman–Crippen MR) is 53.4 cm³/mol. The summed E-state index contributed by atoms with van der Waals surface area (Å²) >= 11 is 0. The van der Waals surface area contributed by atoms with Crippen LogP contribution in [0.4, 0.5) is 0 Å². The second kappa shape index (κ2) is 3.15. The molecule has 2 rings (SSSR count). The maximum atomic E-state index is 10.3. The molecule has 1 aromatic rings. The third kappa shape index (κ3) is 1.61. The molecule has 0 saturated heterocycles. The van der Waals surface area contributed by atoms with E-state index in [0.29, 0.717) is 5.92 Å². The molecular formula is C12H16O. The molecule has 2 atom stereocenters. The molecule has 13 heavy (non-hydrogen) atoms. The predicted octanol–water partition coefficient (Wildman–Crippen LogP) is 2.69. The molecule has 1 nitrogen and oxygen atoms in total. The highest BCUT2D eigenvalue weighted by atomic mass is 16.3. The van der Waals surface area contributed by atoms with Crippen LogP contribution in [-0.2, 0) is 5.60 Å². The standard InChI is InChI=1S/C12H16O/c1-10-7-8-12(13,9-10)11-5-3-2-4-6-11/h2-6,10,13H,7-9H2,1H3/t10-,12+/m1/s1. The molecule has 1 aliphatic carbocycles. The molecule has 70 valence electrons. The van der Waals surface area contributed by atoms with E-state index in [-0.39, 0.29) is 0 Å². The van der Waals surface area contributed by atoms with Crippen LogP contribution in [0, 0.1) is 5.92 Å². The number of rotatable bonds is 1. The van der Waals surface area contributed by atoms with Crippen molar-refractivity contribution in [3.8, 4) is 0 Å². The van der Waals surface area contributed by atoms with Crippen molar-refractivity contribution >= 4 is 0 Å². The van der Waals surface area contributed by atoms with Crippen LogP contribution in [0.1, 0.15) is 31.7 Å². The molecule has 0 radical (unpaired) electrons. The Bertz CT molecular complexity index is 280. The first-order valence-corrected chi connectivity index (χ1v) is 4.99. The van der Waals surface area contributed by atoms with E-state index < -0.39 is 5.60 Å². The van der Waals surface area contributed by atoms with Gasteiger partial charge in [0.05, 0.1) is 5.60 Å². The highest BCUT2D eigenvalue weighted by molar-refractivity contribution is 5.23. The summed E-state index contributed by atoms with van der Waals surface area (Å²) in [5.41, 5.74) is 0.542. The van der Waals surface area contributed by atoms with Gasteiger partial charge in [-0.2, -0.15) is 0 Å². The molecule has 1 fully saturated rings. The van der Waals surface area contributed by atoms with Gasteiger partial charge in [0.2, 0.25) is 0 Å². The van der Waals surface area contributed by atoms with Crippen molar-refractivity contribution in [2.24, 2.45) is 5.92 Å². The maximum absolute atomic E-state index is 10.3. The van der Waals surface area contributed by atoms with Gasteiger partial charge in [-0.15, -0.1) is 0 Å². The molecule has 0 spiro atoms. The van der Waals surface area contributed by atoms with Crippen LogP contribution in [0.25, 0.3) is 0 Å². The number of benzene rings is 1. The summed E-state index contributed by atoms with van der Waals surface area (Å²) in [6.07, 6.45) is 2.97. The van der Waals surface area contributed by atoms with E-state index in [0.717, 1.165) is 24.8 Å². The summed E-state index contributed by atoms with van der Waals surface area (Å²) in [6.45, 7) is 2.21. The Kier molecular flexibility index (Phi) is 2.12. The lowest BCUT2D eigenvalue weighted by Crippen LogP contribution is -2.21. The largest absolute Gasteiger partial charge is 0.385 e. The minimum Gasteiger partial charge on any atom is -0.385 e. The maximum Gasteiger partial charge on any atom is 0.0899 e. The van der Waals surface area contributed by atoms with Gasteiger partial charge in [-0.3, -0.25) is 0 Å². The van der Waals surface area contributed by atoms with Crippen molar-refractivity contribution in [3.63, 3.8) is 0 Å². The minimum absolute atomic E-state index is 0.541. The van der Waals surface area contributed by atoms with E-state index in [1.54, 1.807) is 0 Å². The zero-order valence-electron chi connectivity index (χ0n) is 8.03. The zero-order valence-corrected chi connectivity index (χ0v) is 8.03. The Labute approximate surface area is 79.4 Å². The molecule has 0 bridgehead atoms. The minimum atomic E-state index is -0.541. The molecule has 0 heterocycles. The average Bonchev–Trinajstić information content (AvgIpc) is 2.49. The lowest BCUT2D eigenvalue weighted by Gasteiger charge is -2.22. The van der Waals surface area contributed by atoms with Crippen molar-refractivity contribution < 1.29 is 5.11 Å². The summed E-state index contributed by atoms with van der Waals surface area (Å²) < 4.78 is 0. The molecule has 1 N–H and O–H groups in total. The van der Waals surface area contributed by atoms with Crippen LogP contribution in [0.3, 0.4) is 0 Å². The van der Waals surface area contributed by atoms with E-state index in [4.69, 9.17) is 0 Å². The molecule has 1 aromatic carbocycles. The van der Waals surface area contributed by atoms with Crippen molar-refractivity contribution in [2.45, 2.75) is 31.8 Å². The molecular weight excluding hydrogens is 160 g/mol. The smallest absolute Gasteiger partial charge is 0.0899 e. The van der Waals surface area contributed by atoms with Gasteiger partial charge in [-0.1, -0.05) is 37.3 Å². The fraction of sp³-hybridized carbons (Fsp3) is 0.500. The van der Waals surface area contributed by atoms with Crippen molar-refractivity contribution in [3.05, 3.63) is 35.9 Å². The Hall–Kier alpha value is -0.820. The van der Waals surface area contributed by atoms with Gasteiger partial charge in [-0.05, 0) is 30.7 Å². The van der Waals surface area contributed by atoms with Gasteiger partial charge >= 0.3 is 0 Å². The van der Waals surface area contributed by atoms with Crippen molar-refractivity contribution in [1.29, 1.82) is 0 Å². The van der Waals surface area contributed by atoms with E-state index in [9.17, 15) is 5.11 Å². The molecule has 1 aliphatic rings. The van der Waals surface area contributed by atoms with Crippen LogP contribution in [0.5, 0.6) is 0 Å². The van der Waals surface area contributed by atoms with E-state index in [1.807, 2.05) is 30.3 Å². The van der Waals surface area contributed by atoms with Gasteiger partial charge in [0, 0.05) is 0 Å². The quantitative estimate of drug-likeness (QED) is 0.697. The molecule has 0 unspecified atom stereocenters. The normalized spacial score (nSPS) is 33.5. The summed E-state index contributed by atoms with van der Waals surface area (Å²) in [7, 11) is 0. The second-order valence-corrected chi connectivity index (χ2v) is 4.25. The van der Waals surface area contributed by atoms with Gasteiger partial charge in [-0.25, -0.2) is 0 Å². The van der Waals surface area contributed by atoms with Gasteiger partial charge in [0.1, 0.15) is 0 Å². The third-order valence-corrected chi connectivity index (χ3v) is 3.05. The monoisotopic (exact) mass is 176 g/mol. The molecule has 0 aliphatic heterocycles. The summed E-state index contributed by atoms with van der Waals surface area (Å²) in [5.74, 6) is 0.658. The Morgan fingerprint density at radius 3 is 2.54 bits per heavy atom. The third-order valence-electron chi connectivity index (χ3n) is 3.05. The molecule has 1 saturated carbocycles. The number of aliphatic hydroxyl groups is 1. The van der Waals surface area contributed by atoms with E-state index in [1.165, 1.54) is 0 Å². The molecule has 0 aromatic heterocycles. The number of hydrogen-bond acceptors (Lipinski definition) is 1. The lowest BCUT2D eigenvalue weighted by molar-refractivity contribution is 0.0408. The zero-order chi connectivity index (χ0) is 9.31. The fourth-order valence-electron chi connectivity index (χ4n) is 2.28. The van der Waals surface area contributed by atoms with Gasteiger partial charge in [0.25, 0.3) is 0 Å². The topological polar surface area (TPSA) is 20.2 Å². The van der Waals surface area contributed by atoms with Crippen LogP contribution < -0.4 is 0 Å². The summed E-state index contributed by atoms with van der Waals surface area (Å²) in [5, 5.41) is 10.3. The first-order chi connectivity index (χ1) is 6.21. The van der Waals surface area contributed by atoms with Gasteiger partial charge in [0.15, 0.2) is 0 Å². The SMILES string of the molecule is C[C@@H]1CC[C@@](O)(c2ccccc2)C1. The highest BCUT2D eigenvalue weighted by Gasteiger charge is 2.36. The van der Waals surface area contributed by atoms with Crippen LogP contribution in [0.15, 0.2) is 30.3 Å². The first-order valence-electron chi connectivity index (χ1n) is 4.99. The van der Waals surface area contributed by atoms with Crippen molar-refractivity contribution in [2.75, 3.05) is 0 Å². The fourth-order valence-corrected chi connectivity index (χ4v) is 2.28. The average molecular weight is 176 g/mol. The Morgan fingerprint density at radius 1 is 1.31 bits per heavy atom. The Morgan fingerprint density at radius 2 is 2.00 bits per heavy atom. The second-order valence-electron chi connectivity index (χ2n) is 4.25. The van der Waals surface area contributed by atoms with Crippen molar-refractivity contribution in [1.82, 2.24) is 0 Å². The van der Waals surface area contributed by atoms with Crippen LogP contribution in [-0.4, -0.2) is 5.11 Å².